The molecular weight excluding hydrogens is 260 g/mol. The number of H-pyrrole nitrogens is 1. The molecule has 0 unspecified atom stereocenters. The lowest BCUT2D eigenvalue weighted by Gasteiger charge is -2.01. The zero-order valence-corrected chi connectivity index (χ0v) is 11.5. The molecule has 0 aliphatic heterocycles. The molecule has 0 aliphatic carbocycles. The van der Waals surface area contributed by atoms with E-state index in [1.54, 1.807) is 23.1 Å². The molecule has 1 N–H and O–H groups in total. The van der Waals surface area contributed by atoms with Gasteiger partial charge in [0.2, 0.25) is 0 Å². The maximum atomic E-state index is 4.33. The molecule has 0 amide bonds. The number of nitrogens with one attached hydrogen (secondary N) is 1. The molecule has 0 fully saturated rings. The molecule has 3 aromatic rings. The predicted octanol–water partition coefficient (Wildman–Crippen LogP) is 4.60. The maximum Gasteiger partial charge on any atom is 0.0943 e. The van der Waals surface area contributed by atoms with Gasteiger partial charge in [-0.15, -0.1) is 0 Å². The number of aromatic nitrogens is 2. The standard InChI is InChI=1S/C14H12N2S2/c1-10-7-13(16-15-10)12-8-17-9-14(12)18-11-5-3-2-4-6-11/h2-9H,1H3,(H,15,16). The molecule has 2 aromatic heterocycles. The van der Waals surface area contributed by atoms with Gasteiger partial charge in [-0.3, -0.25) is 5.10 Å². The number of aryl methyl sites for hydroxylation is 1. The highest BCUT2D eigenvalue weighted by molar-refractivity contribution is 7.99. The summed E-state index contributed by atoms with van der Waals surface area (Å²) >= 11 is 3.50. The molecule has 0 aliphatic rings. The molecule has 18 heavy (non-hydrogen) atoms. The Labute approximate surface area is 114 Å². The van der Waals surface area contributed by atoms with Crippen LogP contribution in [0.2, 0.25) is 0 Å². The van der Waals surface area contributed by atoms with E-state index in [-0.39, 0.29) is 0 Å². The zero-order valence-electron chi connectivity index (χ0n) is 9.88. The van der Waals surface area contributed by atoms with Gasteiger partial charge in [-0.25, -0.2) is 0 Å². The van der Waals surface area contributed by atoms with Crippen molar-refractivity contribution in [2.24, 2.45) is 0 Å². The van der Waals surface area contributed by atoms with E-state index in [9.17, 15) is 0 Å². The zero-order chi connectivity index (χ0) is 12.4. The summed E-state index contributed by atoms with van der Waals surface area (Å²) in [6, 6.07) is 12.5. The summed E-state index contributed by atoms with van der Waals surface area (Å²) in [6.45, 7) is 2.02. The van der Waals surface area contributed by atoms with Crippen LogP contribution in [0.15, 0.2) is 56.9 Å². The molecule has 0 saturated carbocycles. The number of rotatable bonds is 3. The van der Waals surface area contributed by atoms with Crippen molar-refractivity contribution in [3.63, 3.8) is 0 Å². The molecule has 1 aromatic carbocycles. The number of hydrogen-bond donors (Lipinski definition) is 1. The molecule has 0 saturated heterocycles. The monoisotopic (exact) mass is 272 g/mol. The average Bonchev–Trinajstić information content (AvgIpc) is 2.99. The van der Waals surface area contributed by atoms with E-state index in [1.165, 1.54) is 15.4 Å². The highest BCUT2D eigenvalue weighted by Crippen LogP contribution is 2.37. The molecule has 0 bridgehead atoms. The number of nitrogens with zero attached hydrogens (tertiary/aromatic N) is 1. The van der Waals surface area contributed by atoms with Crippen LogP contribution in [0.4, 0.5) is 0 Å². The quantitative estimate of drug-likeness (QED) is 0.755. The van der Waals surface area contributed by atoms with Crippen molar-refractivity contribution in [3.05, 3.63) is 52.9 Å². The Balaban J connectivity index is 1.93. The Morgan fingerprint density at radius 1 is 1.17 bits per heavy atom. The summed E-state index contributed by atoms with van der Waals surface area (Å²) in [7, 11) is 0. The van der Waals surface area contributed by atoms with Gasteiger partial charge in [0.1, 0.15) is 0 Å². The Hall–Kier alpha value is -1.52. The fraction of sp³-hybridized carbons (Fsp3) is 0.0714. The summed E-state index contributed by atoms with van der Waals surface area (Å²) < 4.78 is 0. The molecular formula is C14H12N2S2. The Morgan fingerprint density at radius 3 is 2.72 bits per heavy atom. The van der Waals surface area contributed by atoms with E-state index < -0.39 is 0 Å². The van der Waals surface area contributed by atoms with Crippen molar-refractivity contribution in [1.82, 2.24) is 10.2 Å². The summed E-state index contributed by atoms with van der Waals surface area (Å²) in [6.07, 6.45) is 0. The second-order valence-electron chi connectivity index (χ2n) is 4.00. The van der Waals surface area contributed by atoms with Crippen LogP contribution < -0.4 is 0 Å². The van der Waals surface area contributed by atoms with Crippen LogP contribution in [0.3, 0.4) is 0 Å². The topological polar surface area (TPSA) is 28.7 Å². The average molecular weight is 272 g/mol. The van der Waals surface area contributed by atoms with Crippen molar-refractivity contribution >= 4 is 23.1 Å². The second kappa shape index (κ2) is 5.00. The van der Waals surface area contributed by atoms with Gasteiger partial charge < -0.3 is 0 Å². The van der Waals surface area contributed by atoms with Gasteiger partial charge in [0.15, 0.2) is 0 Å². The summed E-state index contributed by atoms with van der Waals surface area (Å²) in [5.74, 6) is 0. The van der Waals surface area contributed by atoms with Crippen molar-refractivity contribution in [2.45, 2.75) is 16.7 Å². The van der Waals surface area contributed by atoms with E-state index in [0.29, 0.717) is 0 Å². The fourth-order valence-electron chi connectivity index (χ4n) is 1.72. The number of hydrogen-bond acceptors (Lipinski definition) is 3. The van der Waals surface area contributed by atoms with E-state index in [1.807, 2.05) is 13.0 Å². The molecule has 2 heterocycles. The first-order chi connectivity index (χ1) is 8.83. The smallest absolute Gasteiger partial charge is 0.0943 e. The molecule has 90 valence electrons. The number of thiophene rings is 1. The minimum Gasteiger partial charge on any atom is -0.282 e. The van der Waals surface area contributed by atoms with E-state index in [2.05, 4.69) is 51.3 Å². The van der Waals surface area contributed by atoms with Crippen LogP contribution in [0.5, 0.6) is 0 Å². The van der Waals surface area contributed by atoms with Crippen LogP contribution in [0.1, 0.15) is 5.69 Å². The van der Waals surface area contributed by atoms with Crippen molar-refractivity contribution in [2.75, 3.05) is 0 Å². The molecule has 0 radical (unpaired) electrons. The maximum absolute atomic E-state index is 4.33. The van der Waals surface area contributed by atoms with Crippen LogP contribution in [0.25, 0.3) is 11.3 Å². The van der Waals surface area contributed by atoms with Crippen LogP contribution in [-0.2, 0) is 0 Å². The third-order valence-corrected chi connectivity index (χ3v) is 4.54. The van der Waals surface area contributed by atoms with Gasteiger partial charge in [-0.1, -0.05) is 30.0 Å². The highest BCUT2D eigenvalue weighted by Gasteiger charge is 2.10. The summed E-state index contributed by atoms with van der Waals surface area (Å²) in [4.78, 5) is 2.52. The lowest BCUT2D eigenvalue weighted by molar-refractivity contribution is 1.05. The normalized spacial score (nSPS) is 10.7. The molecule has 2 nitrogen and oxygen atoms in total. The third-order valence-electron chi connectivity index (χ3n) is 2.58. The minimum atomic E-state index is 1.02. The second-order valence-corrected chi connectivity index (χ2v) is 5.86. The Morgan fingerprint density at radius 2 is 2.00 bits per heavy atom. The van der Waals surface area contributed by atoms with Gasteiger partial charge in [0.25, 0.3) is 0 Å². The first-order valence-corrected chi connectivity index (χ1v) is 7.40. The van der Waals surface area contributed by atoms with E-state index in [0.717, 1.165) is 11.4 Å². The predicted molar refractivity (Wildman–Crippen MR) is 77.2 cm³/mol. The summed E-state index contributed by atoms with van der Waals surface area (Å²) in [5, 5.41) is 11.7. The minimum absolute atomic E-state index is 1.02. The first-order valence-electron chi connectivity index (χ1n) is 5.64. The van der Waals surface area contributed by atoms with Gasteiger partial charge in [0.05, 0.1) is 5.69 Å². The van der Waals surface area contributed by atoms with Crippen LogP contribution in [-0.4, -0.2) is 10.2 Å². The van der Waals surface area contributed by atoms with E-state index >= 15 is 0 Å². The van der Waals surface area contributed by atoms with Gasteiger partial charge >= 0.3 is 0 Å². The van der Waals surface area contributed by atoms with Crippen LogP contribution in [0, 0.1) is 6.92 Å². The van der Waals surface area contributed by atoms with Crippen molar-refractivity contribution in [3.8, 4) is 11.3 Å². The first kappa shape index (κ1) is 11.6. The van der Waals surface area contributed by atoms with Crippen molar-refractivity contribution in [1.29, 1.82) is 0 Å². The van der Waals surface area contributed by atoms with Crippen LogP contribution >= 0.6 is 23.1 Å². The van der Waals surface area contributed by atoms with Gasteiger partial charge in [0, 0.05) is 31.8 Å². The van der Waals surface area contributed by atoms with Gasteiger partial charge in [-0.2, -0.15) is 16.4 Å². The number of benzene rings is 1. The SMILES string of the molecule is Cc1cc(-c2cscc2Sc2ccccc2)n[nH]1. The summed E-state index contributed by atoms with van der Waals surface area (Å²) in [5.41, 5.74) is 3.32. The van der Waals surface area contributed by atoms with Gasteiger partial charge in [-0.05, 0) is 25.1 Å². The third kappa shape index (κ3) is 2.35. The van der Waals surface area contributed by atoms with E-state index in [4.69, 9.17) is 0 Å². The molecule has 0 spiro atoms. The molecule has 3 rings (SSSR count). The Kier molecular flexibility index (Phi) is 3.21. The highest BCUT2D eigenvalue weighted by atomic mass is 32.2. The lowest BCUT2D eigenvalue weighted by atomic mass is 10.2. The largest absolute Gasteiger partial charge is 0.282 e. The lowest BCUT2D eigenvalue weighted by Crippen LogP contribution is -1.77. The Bertz CT molecular complexity index is 641. The van der Waals surface area contributed by atoms with Crippen molar-refractivity contribution < 1.29 is 0 Å². The fourth-order valence-corrected chi connectivity index (χ4v) is 3.68. The number of aromatic amines is 1. The molecule has 4 heteroatoms. The molecule has 0 atom stereocenters.